The fourth-order valence-electron chi connectivity index (χ4n) is 9.25. The lowest BCUT2D eigenvalue weighted by Gasteiger charge is -2.16. The first-order chi connectivity index (χ1) is 30.4. The van der Waals surface area contributed by atoms with E-state index in [9.17, 15) is 5.11 Å². The molecule has 0 amide bonds. The Kier molecular flexibility index (Phi) is 10.1. The van der Waals surface area contributed by atoms with Gasteiger partial charge in [-0.3, -0.25) is 9.55 Å². The summed E-state index contributed by atoms with van der Waals surface area (Å²) < 4.78 is 9.10. The van der Waals surface area contributed by atoms with Gasteiger partial charge in [0.2, 0.25) is 0 Å². The van der Waals surface area contributed by atoms with Crippen LogP contribution in [-0.2, 0) is 12.8 Å². The van der Waals surface area contributed by atoms with E-state index < -0.39 is 8.07 Å². The fourth-order valence-corrected chi connectivity index (χ4v) is 10.3. The molecule has 7 aromatic carbocycles. The molecule has 0 unspecified atom stereocenters. The molecule has 0 saturated carbocycles. The molecule has 0 bridgehead atoms. The van der Waals surface area contributed by atoms with E-state index in [4.69, 9.17) is 14.4 Å². The van der Waals surface area contributed by atoms with Crippen molar-refractivity contribution < 1.29 is 9.52 Å². The summed E-state index contributed by atoms with van der Waals surface area (Å²) in [7, 11) is -1.55. The summed E-state index contributed by atoms with van der Waals surface area (Å²) in [5.41, 5.74) is 13.5. The third-order valence-electron chi connectivity index (χ3n) is 12.3. The number of fused-ring (bicyclic) bond motifs is 5. The van der Waals surface area contributed by atoms with Gasteiger partial charge in [0, 0.05) is 39.0 Å². The molecule has 0 saturated heterocycles. The number of imidazole rings is 1. The van der Waals surface area contributed by atoms with Gasteiger partial charge in [-0.1, -0.05) is 138 Å². The second kappa shape index (κ2) is 15.9. The van der Waals surface area contributed by atoms with Gasteiger partial charge in [0.1, 0.15) is 22.7 Å². The predicted octanol–water partition coefficient (Wildman–Crippen LogP) is 14.8. The molecule has 0 aliphatic rings. The SMILES string of the molecule is CC(C)Cc1ccc(-c2ccc(-c3nc4c(-c5cc(-c6ccc([Si](C)(C)C)cn6)cc6c5oc5ccccc56)cc(CC(C)C)cc4n3-c3cccc4ccccc34)c(O)c2)cc1. The van der Waals surface area contributed by atoms with Gasteiger partial charge in [0.25, 0.3) is 0 Å². The number of nitrogens with zero attached hydrogens (tertiary/aromatic N) is 3. The Labute approximate surface area is 370 Å². The van der Waals surface area contributed by atoms with E-state index in [0.717, 1.165) is 95.8 Å². The molecule has 3 aromatic heterocycles. The molecule has 0 radical (unpaired) electrons. The third kappa shape index (κ3) is 7.52. The van der Waals surface area contributed by atoms with Gasteiger partial charge < -0.3 is 9.52 Å². The molecule has 1 N–H and O–H groups in total. The van der Waals surface area contributed by atoms with Crippen LogP contribution >= 0.6 is 0 Å². The maximum atomic E-state index is 12.1. The molecule has 0 aliphatic carbocycles. The van der Waals surface area contributed by atoms with E-state index in [-0.39, 0.29) is 5.75 Å². The molecular formula is C57H53N3O2Si. The van der Waals surface area contributed by atoms with Crippen LogP contribution in [0.3, 0.4) is 0 Å². The fraction of sp³-hybridized carbons (Fsp3) is 0.193. The topological polar surface area (TPSA) is 64.1 Å². The van der Waals surface area contributed by atoms with Crippen molar-refractivity contribution in [3.8, 4) is 56.3 Å². The van der Waals surface area contributed by atoms with Crippen LogP contribution in [0.15, 0.2) is 156 Å². The highest BCUT2D eigenvalue weighted by atomic mass is 28.3. The largest absolute Gasteiger partial charge is 0.507 e. The first-order valence-electron chi connectivity index (χ1n) is 22.3. The van der Waals surface area contributed by atoms with Crippen LogP contribution in [0.2, 0.25) is 19.6 Å². The Hall–Kier alpha value is -6.76. The zero-order chi connectivity index (χ0) is 43.6. The minimum atomic E-state index is -1.55. The van der Waals surface area contributed by atoms with Gasteiger partial charge in [-0.05, 0) is 112 Å². The average Bonchev–Trinajstić information content (AvgIpc) is 3.84. The van der Waals surface area contributed by atoms with Gasteiger partial charge in [0.15, 0.2) is 0 Å². The number of benzene rings is 7. The normalized spacial score (nSPS) is 12.2. The maximum absolute atomic E-state index is 12.1. The number of phenolic OH excluding ortho intramolecular Hbond substituents is 1. The number of hydrogen-bond donors (Lipinski definition) is 1. The highest BCUT2D eigenvalue weighted by molar-refractivity contribution is 6.88. The molecule has 312 valence electrons. The van der Waals surface area contributed by atoms with Crippen molar-refractivity contribution in [3.63, 3.8) is 0 Å². The molecule has 63 heavy (non-hydrogen) atoms. The Morgan fingerprint density at radius 3 is 2.05 bits per heavy atom. The van der Waals surface area contributed by atoms with E-state index in [1.165, 1.54) is 16.3 Å². The predicted molar refractivity (Wildman–Crippen MR) is 267 cm³/mol. The smallest absolute Gasteiger partial charge is 0.149 e. The van der Waals surface area contributed by atoms with Crippen molar-refractivity contribution in [1.29, 1.82) is 0 Å². The maximum Gasteiger partial charge on any atom is 0.149 e. The summed E-state index contributed by atoms with van der Waals surface area (Å²) in [5.74, 6) is 1.83. The van der Waals surface area contributed by atoms with E-state index in [0.29, 0.717) is 23.2 Å². The lowest BCUT2D eigenvalue weighted by Crippen LogP contribution is -2.37. The van der Waals surface area contributed by atoms with Gasteiger partial charge >= 0.3 is 0 Å². The van der Waals surface area contributed by atoms with Crippen molar-refractivity contribution in [2.75, 3.05) is 0 Å². The number of aromatic hydroxyl groups is 1. The van der Waals surface area contributed by atoms with Crippen LogP contribution in [0.5, 0.6) is 5.75 Å². The van der Waals surface area contributed by atoms with Crippen molar-refractivity contribution in [2.45, 2.75) is 60.2 Å². The van der Waals surface area contributed by atoms with Crippen molar-refractivity contribution in [2.24, 2.45) is 11.8 Å². The van der Waals surface area contributed by atoms with Crippen LogP contribution in [-0.4, -0.2) is 27.7 Å². The minimum absolute atomic E-state index is 0.175. The Bertz CT molecular complexity index is 3330. The summed E-state index contributed by atoms with van der Waals surface area (Å²) in [6.07, 6.45) is 3.97. The van der Waals surface area contributed by atoms with Crippen LogP contribution in [0, 0.1) is 11.8 Å². The molecule has 0 aliphatic heterocycles. The number of phenols is 1. The zero-order valence-electron chi connectivity index (χ0n) is 37.2. The molecule has 0 spiro atoms. The van der Waals surface area contributed by atoms with Gasteiger partial charge in [-0.15, -0.1) is 0 Å². The summed E-state index contributed by atoms with van der Waals surface area (Å²) in [5, 5.41) is 17.8. The first-order valence-corrected chi connectivity index (χ1v) is 25.8. The van der Waals surface area contributed by atoms with Crippen molar-refractivity contribution >= 4 is 57.0 Å². The zero-order valence-corrected chi connectivity index (χ0v) is 38.2. The molecule has 0 fully saturated rings. The second-order valence-corrected chi connectivity index (χ2v) is 24.2. The highest BCUT2D eigenvalue weighted by Gasteiger charge is 2.25. The molecule has 6 heteroatoms. The number of rotatable bonds is 10. The molecule has 3 heterocycles. The van der Waals surface area contributed by atoms with Crippen molar-refractivity contribution in [3.05, 3.63) is 163 Å². The third-order valence-corrected chi connectivity index (χ3v) is 14.4. The van der Waals surface area contributed by atoms with Crippen molar-refractivity contribution in [1.82, 2.24) is 14.5 Å². The molecule has 10 rings (SSSR count). The first kappa shape index (κ1) is 40.3. The van der Waals surface area contributed by atoms with E-state index in [1.807, 2.05) is 24.3 Å². The molecule has 10 aromatic rings. The number of hydrogen-bond acceptors (Lipinski definition) is 4. The standard InChI is InChI=1S/C57H53N3O2Si/c1-35(2)27-37-19-21-39(22-20-37)41-23-25-46(53(61)33-41)57-59-55-47(29-38(28-36(3)4)30-52(55)60(57)51-17-12-14-40-13-8-9-15-44(40)51)49-32-42(50-26-24-43(34-58-50)63(5,6)7)31-48-45-16-10-11-18-54(45)62-56(48)49/h8-26,29-36,61H,27-28H2,1-7H3. The Morgan fingerprint density at radius 2 is 1.32 bits per heavy atom. The van der Waals surface area contributed by atoms with Crippen LogP contribution in [0.1, 0.15) is 38.8 Å². The number of furan rings is 1. The minimum Gasteiger partial charge on any atom is -0.507 e. The van der Waals surface area contributed by atoms with E-state index in [2.05, 4.69) is 179 Å². The molecule has 5 nitrogen and oxygen atoms in total. The summed E-state index contributed by atoms with van der Waals surface area (Å²) in [4.78, 5) is 10.7. The Morgan fingerprint density at radius 1 is 0.603 bits per heavy atom. The number of pyridine rings is 1. The van der Waals surface area contributed by atoms with Gasteiger partial charge in [-0.25, -0.2) is 4.98 Å². The lowest BCUT2D eigenvalue weighted by molar-refractivity contribution is 0.477. The monoisotopic (exact) mass is 839 g/mol. The quantitative estimate of drug-likeness (QED) is 0.139. The molecule has 0 atom stereocenters. The van der Waals surface area contributed by atoms with E-state index >= 15 is 0 Å². The number of aromatic nitrogens is 3. The molecular weight excluding hydrogens is 787 g/mol. The van der Waals surface area contributed by atoms with Gasteiger partial charge in [0.05, 0.1) is 36.1 Å². The Balaban J connectivity index is 1.26. The van der Waals surface area contributed by atoms with Crippen LogP contribution < -0.4 is 5.19 Å². The van der Waals surface area contributed by atoms with Crippen LogP contribution in [0.25, 0.3) is 94.3 Å². The lowest BCUT2D eigenvalue weighted by atomic mass is 9.93. The summed E-state index contributed by atoms with van der Waals surface area (Å²) in [6.45, 7) is 16.1. The summed E-state index contributed by atoms with van der Waals surface area (Å²) >= 11 is 0. The average molecular weight is 840 g/mol. The second-order valence-electron chi connectivity index (χ2n) is 19.1. The summed E-state index contributed by atoms with van der Waals surface area (Å²) in [6, 6.07) is 51.4. The van der Waals surface area contributed by atoms with Gasteiger partial charge in [-0.2, -0.15) is 0 Å². The van der Waals surface area contributed by atoms with Crippen LogP contribution in [0.4, 0.5) is 0 Å². The highest BCUT2D eigenvalue weighted by Crippen LogP contribution is 2.45. The van der Waals surface area contributed by atoms with E-state index in [1.54, 1.807) is 0 Å². The number of para-hydroxylation sites is 1.